The molecule has 0 bridgehead atoms. The van der Waals surface area contributed by atoms with Crippen LogP contribution in [0.3, 0.4) is 0 Å². The summed E-state index contributed by atoms with van der Waals surface area (Å²) in [4.78, 5) is 14.8. The van der Waals surface area contributed by atoms with Crippen LogP contribution in [-0.4, -0.2) is 23.2 Å². The van der Waals surface area contributed by atoms with Gasteiger partial charge in [0, 0.05) is 18.0 Å². The van der Waals surface area contributed by atoms with Crippen molar-refractivity contribution in [3.63, 3.8) is 0 Å². The SMILES string of the molecule is CCc1ccccc1NC(=O)N1CCS[C@@H]1c1ccc(C)cc1C. The number of thioether (sulfide) groups is 1. The number of nitrogens with one attached hydrogen (secondary N) is 1. The molecule has 0 radical (unpaired) electrons. The summed E-state index contributed by atoms with van der Waals surface area (Å²) in [6.45, 7) is 7.12. The van der Waals surface area contributed by atoms with Crippen molar-refractivity contribution < 1.29 is 4.79 Å². The van der Waals surface area contributed by atoms with Crippen molar-refractivity contribution in [3.05, 3.63) is 64.7 Å². The lowest BCUT2D eigenvalue weighted by Crippen LogP contribution is -2.34. The molecule has 0 aliphatic carbocycles. The molecule has 2 aromatic rings. The number of rotatable bonds is 3. The largest absolute Gasteiger partial charge is 0.323 e. The number of nitrogens with zero attached hydrogens (tertiary/aromatic N) is 1. The third kappa shape index (κ3) is 3.44. The molecule has 24 heavy (non-hydrogen) atoms. The summed E-state index contributed by atoms with van der Waals surface area (Å²) in [6.07, 6.45) is 0.908. The second-order valence-electron chi connectivity index (χ2n) is 6.22. The topological polar surface area (TPSA) is 32.3 Å². The Kier molecular flexibility index (Phi) is 5.14. The summed E-state index contributed by atoms with van der Waals surface area (Å²) in [6, 6.07) is 14.5. The van der Waals surface area contributed by atoms with E-state index in [1.165, 1.54) is 22.3 Å². The van der Waals surface area contributed by atoms with E-state index in [2.05, 4.69) is 50.4 Å². The number of benzene rings is 2. The molecule has 126 valence electrons. The Morgan fingerprint density at radius 3 is 2.79 bits per heavy atom. The minimum absolute atomic E-state index is 0.00845. The molecule has 1 aliphatic heterocycles. The molecule has 1 heterocycles. The van der Waals surface area contributed by atoms with Crippen molar-refractivity contribution in [2.45, 2.75) is 32.6 Å². The maximum Gasteiger partial charge on any atom is 0.323 e. The molecule has 3 rings (SSSR count). The van der Waals surface area contributed by atoms with E-state index in [1.807, 2.05) is 34.9 Å². The summed E-state index contributed by atoms with van der Waals surface area (Å²) in [5, 5.41) is 3.20. The molecule has 1 aliphatic rings. The summed E-state index contributed by atoms with van der Waals surface area (Å²) in [5.74, 6) is 0.973. The van der Waals surface area contributed by atoms with Gasteiger partial charge in [0.25, 0.3) is 0 Å². The van der Waals surface area contributed by atoms with Crippen molar-refractivity contribution in [1.29, 1.82) is 0 Å². The summed E-state index contributed by atoms with van der Waals surface area (Å²) >= 11 is 1.84. The number of anilines is 1. The number of amides is 2. The van der Waals surface area contributed by atoms with Crippen molar-refractivity contribution >= 4 is 23.5 Å². The minimum atomic E-state index is -0.00845. The van der Waals surface area contributed by atoms with Crippen LogP contribution < -0.4 is 5.32 Å². The molecule has 2 aromatic carbocycles. The average molecular weight is 340 g/mol. The van der Waals surface area contributed by atoms with Gasteiger partial charge < -0.3 is 10.2 Å². The predicted molar refractivity (Wildman–Crippen MR) is 103 cm³/mol. The number of para-hydroxylation sites is 1. The fourth-order valence-corrected chi connectivity index (χ4v) is 4.53. The predicted octanol–water partition coefficient (Wildman–Crippen LogP) is 5.15. The summed E-state index contributed by atoms with van der Waals surface area (Å²) in [7, 11) is 0. The number of urea groups is 1. The zero-order valence-electron chi connectivity index (χ0n) is 14.5. The number of carbonyl (C=O) groups excluding carboxylic acids is 1. The van der Waals surface area contributed by atoms with Gasteiger partial charge in [0.1, 0.15) is 5.37 Å². The van der Waals surface area contributed by atoms with E-state index < -0.39 is 0 Å². The lowest BCUT2D eigenvalue weighted by Gasteiger charge is -2.26. The van der Waals surface area contributed by atoms with Gasteiger partial charge in [0.2, 0.25) is 0 Å². The summed E-state index contributed by atoms with van der Waals surface area (Å²) < 4.78 is 0. The molecule has 1 fully saturated rings. The first kappa shape index (κ1) is 16.9. The Hall–Kier alpha value is -1.94. The minimum Gasteiger partial charge on any atom is -0.308 e. The van der Waals surface area contributed by atoms with Gasteiger partial charge in [-0.1, -0.05) is 48.9 Å². The molecule has 0 saturated carbocycles. The van der Waals surface area contributed by atoms with E-state index in [1.54, 1.807) is 0 Å². The molecule has 0 unspecified atom stereocenters. The Balaban J connectivity index is 1.81. The number of carbonyl (C=O) groups is 1. The van der Waals surface area contributed by atoms with Crippen molar-refractivity contribution in [2.24, 2.45) is 0 Å². The van der Waals surface area contributed by atoms with Crippen LogP contribution >= 0.6 is 11.8 Å². The highest BCUT2D eigenvalue weighted by atomic mass is 32.2. The summed E-state index contributed by atoms with van der Waals surface area (Å²) in [5.41, 5.74) is 5.83. The lowest BCUT2D eigenvalue weighted by atomic mass is 10.1. The fourth-order valence-electron chi connectivity index (χ4n) is 3.18. The highest BCUT2D eigenvalue weighted by molar-refractivity contribution is 7.99. The Morgan fingerprint density at radius 1 is 1.25 bits per heavy atom. The fraction of sp³-hybridized carbons (Fsp3) is 0.350. The van der Waals surface area contributed by atoms with Gasteiger partial charge in [0.15, 0.2) is 0 Å². The third-order valence-corrected chi connectivity index (χ3v) is 5.73. The van der Waals surface area contributed by atoms with Crippen LogP contribution in [0, 0.1) is 13.8 Å². The average Bonchev–Trinajstić information content (AvgIpc) is 3.05. The molecular formula is C20H24N2OS. The maximum atomic E-state index is 12.8. The van der Waals surface area contributed by atoms with Crippen LogP contribution in [0.4, 0.5) is 10.5 Å². The van der Waals surface area contributed by atoms with E-state index in [9.17, 15) is 4.79 Å². The number of aryl methyl sites for hydroxylation is 3. The van der Waals surface area contributed by atoms with Crippen molar-refractivity contribution in [3.8, 4) is 0 Å². The molecule has 3 nitrogen and oxygen atoms in total. The second kappa shape index (κ2) is 7.31. The van der Waals surface area contributed by atoms with Crippen LogP contribution in [0.5, 0.6) is 0 Å². The van der Waals surface area contributed by atoms with Crippen LogP contribution in [0.25, 0.3) is 0 Å². The Labute approximate surface area is 148 Å². The molecule has 1 saturated heterocycles. The maximum absolute atomic E-state index is 12.8. The van der Waals surface area contributed by atoms with Crippen molar-refractivity contribution in [1.82, 2.24) is 4.90 Å². The van der Waals surface area contributed by atoms with Crippen LogP contribution in [0.1, 0.15) is 34.6 Å². The zero-order valence-corrected chi connectivity index (χ0v) is 15.3. The normalized spacial score (nSPS) is 17.1. The first-order chi connectivity index (χ1) is 11.6. The second-order valence-corrected chi connectivity index (χ2v) is 7.41. The lowest BCUT2D eigenvalue weighted by molar-refractivity contribution is 0.214. The van der Waals surface area contributed by atoms with Gasteiger partial charge in [-0.25, -0.2) is 4.79 Å². The van der Waals surface area contributed by atoms with E-state index in [-0.39, 0.29) is 11.4 Å². The van der Waals surface area contributed by atoms with E-state index in [4.69, 9.17) is 0 Å². The molecule has 2 amide bonds. The molecular weight excluding hydrogens is 316 g/mol. The van der Waals surface area contributed by atoms with Crippen LogP contribution in [0.15, 0.2) is 42.5 Å². The zero-order chi connectivity index (χ0) is 17.1. The van der Waals surface area contributed by atoms with Gasteiger partial charge in [-0.15, -0.1) is 11.8 Å². The van der Waals surface area contributed by atoms with E-state index in [0.717, 1.165) is 24.4 Å². The highest BCUT2D eigenvalue weighted by Gasteiger charge is 2.31. The highest BCUT2D eigenvalue weighted by Crippen LogP contribution is 2.39. The van der Waals surface area contributed by atoms with Gasteiger partial charge >= 0.3 is 6.03 Å². The Bertz CT molecular complexity index is 744. The number of hydrogen-bond acceptors (Lipinski definition) is 2. The van der Waals surface area contributed by atoms with Crippen LogP contribution in [-0.2, 0) is 6.42 Å². The van der Waals surface area contributed by atoms with Crippen molar-refractivity contribution in [2.75, 3.05) is 17.6 Å². The van der Waals surface area contributed by atoms with E-state index in [0.29, 0.717) is 0 Å². The number of hydrogen-bond donors (Lipinski definition) is 1. The van der Waals surface area contributed by atoms with Gasteiger partial charge in [-0.2, -0.15) is 0 Å². The molecule has 0 spiro atoms. The van der Waals surface area contributed by atoms with Gasteiger partial charge in [0.05, 0.1) is 0 Å². The van der Waals surface area contributed by atoms with Gasteiger partial charge in [-0.3, -0.25) is 0 Å². The van der Waals surface area contributed by atoms with E-state index >= 15 is 0 Å². The molecule has 1 N–H and O–H groups in total. The molecule has 0 aromatic heterocycles. The Morgan fingerprint density at radius 2 is 2.04 bits per heavy atom. The smallest absolute Gasteiger partial charge is 0.308 e. The molecule has 4 heteroatoms. The monoisotopic (exact) mass is 340 g/mol. The molecule has 1 atom stereocenters. The van der Waals surface area contributed by atoms with Gasteiger partial charge in [-0.05, 0) is 43.0 Å². The third-order valence-electron chi connectivity index (χ3n) is 4.48. The standard InChI is InChI=1S/C20H24N2OS/c1-4-16-7-5-6-8-18(16)21-20(23)22-11-12-24-19(22)17-10-9-14(2)13-15(17)3/h5-10,13,19H,4,11-12H2,1-3H3,(H,21,23)/t19-/m1/s1. The first-order valence-corrected chi connectivity index (χ1v) is 9.49. The first-order valence-electron chi connectivity index (χ1n) is 8.44. The quantitative estimate of drug-likeness (QED) is 0.838. The van der Waals surface area contributed by atoms with Crippen LogP contribution in [0.2, 0.25) is 0 Å².